The van der Waals surface area contributed by atoms with Crippen molar-refractivity contribution in [3.05, 3.63) is 40.4 Å². The first-order chi connectivity index (χ1) is 9.28. The highest BCUT2D eigenvalue weighted by atomic mass is 35.5. The fourth-order valence-electron chi connectivity index (χ4n) is 1.56. The van der Waals surface area contributed by atoms with Crippen molar-refractivity contribution in [2.45, 2.75) is 39.7 Å². The monoisotopic (exact) mass is 295 g/mol. The van der Waals surface area contributed by atoms with Gasteiger partial charge in [0.15, 0.2) is 0 Å². The quantitative estimate of drug-likeness (QED) is 0.826. The second-order valence-corrected chi connectivity index (χ2v) is 6.04. The standard InChI is InChI=1S/C16H22ClNO2/c1-12-11-13(8-9-14(12)17)7-5-6-10-18-15(19)20-16(2,3)4/h5,7-9,11H,6,10H2,1-4H3,(H,18,19). The van der Waals surface area contributed by atoms with Crippen molar-refractivity contribution in [1.82, 2.24) is 5.32 Å². The molecule has 0 aliphatic heterocycles. The fraction of sp³-hybridized carbons (Fsp3) is 0.438. The van der Waals surface area contributed by atoms with Gasteiger partial charge in [-0.25, -0.2) is 4.79 Å². The predicted molar refractivity (Wildman–Crippen MR) is 84.1 cm³/mol. The van der Waals surface area contributed by atoms with Gasteiger partial charge in [0.2, 0.25) is 0 Å². The smallest absolute Gasteiger partial charge is 0.407 e. The van der Waals surface area contributed by atoms with Crippen LogP contribution in [0.3, 0.4) is 0 Å². The molecule has 0 fully saturated rings. The summed E-state index contributed by atoms with van der Waals surface area (Å²) in [6, 6.07) is 5.88. The third-order valence-electron chi connectivity index (χ3n) is 2.47. The number of aryl methyl sites for hydroxylation is 1. The molecule has 0 heterocycles. The minimum absolute atomic E-state index is 0.381. The summed E-state index contributed by atoms with van der Waals surface area (Å²) in [7, 11) is 0. The van der Waals surface area contributed by atoms with Crippen molar-refractivity contribution in [2.75, 3.05) is 6.54 Å². The van der Waals surface area contributed by atoms with E-state index >= 15 is 0 Å². The van der Waals surface area contributed by atoms with Crippen molar-refractivity contribution in [2.24, 2.45) is 0 Å². The first-order valence-corrected chi connectivity index (χ1v) is 7.05. The van der Waals surface area contributed by atoms with Crippen LogP contribution in [0.4, 0.5) is 4.79 Å². The maximum atomic E-state index is 11.4. The largest absolute Gasteiger partial charge is 0.444 e. The van der Waals surface area contributed by atoms with E-state index in [-0.39, 0.29) is 6.09 Å². The summed E-state index contributed by atoms with van der Waals surface area (Å²) in [6.45, 7) is 8.06. The van der Waals surface area contributed by atoms with Gasteiger partial charge in [-0.05, 0) is 51.3 Å². The third kappa shape index (κ3) is 6.62. The molecule has 0 bridgehead atoms. The molecule has 0 saturated carbocycles. The summed E-state index contributed by atoms with van der Waals surface area (Å²) in [4.78, 5) is 11.4. The molecule has 4 heteroatoms. The Morgan fingerprint density at radius 3 is 2.70 bits per heavy atom. The SMILES string of the molecule is Cc1cc(C=CCCNC(=O)OC(C)(C)C)ccc1Cl. The second-order valence-electron chi connectivity index (χ2n) is 5.63. The van der Waals surface area contributed by atoms with E-state index in [1.165, 1.54) is 0 Å². The number of benzene rings is 1. The highest BCUT2D eigenvalue weighted by Gasteiger charge is 2.15. The van der Waals surface area contributed by atoms with Crippen molar-refractivity contribution < 1.29 is 9.53 Å². The van der Waals surface area contributed by atoms with Crippen molar-refractivity contribution in [3.63, 3.8) is 0 Å². The van der Waals surface area contributed by atoms with E-state index in [1.54, 1.807) is 0 Å². The number of rotatable bonds is 4. The number of ether oxygens (including phenoxy) is 1. The normalized spacial score (nSPS) is 11.7. The Bertz CT molecular complexity index is 490. The molecule has 1 aromatic carbocycles. The first kappa shape index (κ1) is 16.6. The Hall–Kier alpha value is -1.48. The van der Waals surface area contributed by atoms with Gasteiger partial charge in [-0.15, -0.1) is 0 Å². The number of hydrogen-bond acceptors (Lipinski definition) is 2. The molecule has 0 radical (unpaired) electrons. The van der Waals surface area contributed by atoms with E-state index in [1.807, 2.05) is 58.0 Å². The summed E-state index contributed by atoms with van der Waals surface area (Å²) in [5, 5.41) is 3.48. The number of nitrogens with one attached hydrogen (secondary N) is 1. The molecule has 20 heavy (non-hydrogen) atoms. The van der Waals surface area contributed by atoms with Gasteiger partial charge < -0.3 is 10.1 Å². The molecule has 110 valence electrons. The molecule has 0 unspecified atom stereocenters. The van der Waals surface area contributed by atoms with Crippen LogP contribution in [0.2, 0.25) is 5.02 Å². The van der Waals surface area contributed by atoms with E-state index in [2.05, 4.69) is 5.32 Å². The van der Waals surface area contributed by atoms with E-state index in [9.17, 15) is 4.79 Å². The summed E-state index contributed by atoms with van der Waals surface area (Å²) in [5.74, 6) is 0. The van der Waals surface area contributed by atoms with Gasteiger partial charge in [-0.1, -0.05) is 35.9 Å². The van der Waals surface area contributed by atoms with Crippen molar-refractivity contribution >= 4 is 23.8 Å². The molecule has 1 rings (SSSR count). The minimum atomic E-state index is -0.458. The highest BCUT2D eigenvalue weighted by molar-refractivity contribution is 6.31. The van der Waals surface area contributed by atoms with Crippen LogP contribution in [-0.4, -0.2) is 18.2 Å². The van der Waals surface area contributed by atoms with Crippen LogP contribution in [0.1, 0.15) is 38.3 Å². The topological polar surface area (TPSA) is 38.3 Å². The number of carbonyl (C=O) groups is 1. The summed E-state index contributed by atoms with van der Waals surface area (Å²) in [5.41, 5.74) is 1.70. The van der Waals surface area contributed by atoms with Crippen LogP contribution < -0.4 is 5.32 Å². The van der Waals surface area contributed by atoms with Crippen LogP contribution in [0, 0.1) is 6.92 Å². The van der Waals surface area contributed by atoms with Gasteiger partial charge in [-0.2, -0.15) is 0 Å². The third-order valence-corrected chi connectivity index (χ3v) is 2.90. The van der Waals surface area contributed by atoms with E-state index in [0.29, 0.717) is 6.54 Å². The number of amides is 1. The van der Waals surface area contributed by atoms with E-state index in [4.69, 9.17) is 16.3 Å². The lowest BCUT2D eigenvalue weighted by molar-refractivity contribution is 0.0529. The zero-order valence-corrected chi connectivity index (χ0v) is 13.3. The molecule has 0 aliphatic carbocycles. The minimum Gasteiger partial charge on any atom is -0.444 e. The average molecular weight is 296 g/mol. The Morgan fingerprint density at radius 2 is 2.10 bits per heavy atom. The molecule has 0 atom stereocenters. The Kier molecular flexibility index (Phi) is 6.08. The zero-order chi connectivity index (χ0) is 15.2. The first-order valence-electron chi connectivity index (χ1n) is 6.67. The van der Waals surface area contributed by atoms with E-state index < -0.39 is 5.60 Å². The zero-order valence-electron chi connectivity index (χ0n) is 12.5. The van der Waals surface area contributed by atoms with Gasteiger partial charge in [0.05, 0.1) is 0 Å². The van der Waals surface area contributed by atoms with E-state index in [0.717, 1.165) is 22.6 Å². The number of hydrogen-bond donors (Lipinski definition) is 1. The van der Waals surface area contributed by atoms with Gasteiger partial charge >= 0.3 is 6.09 Å². The Balaban J connectivity index is 2.32. The van der Waals surface area contributed by atoms with Crippen molar-refractivity contribution in [1.29, 1.82) is 0 Å². The number of alkyl carbamates (subject to hydrolysis) is 1. The lowest BCUT2D eigenvalue weighted by Crippen LogP contribution is -2.32. The number of carbonyl (C=O) groups excluding carboxylic acids is 1. The molecular weight excluding hydrogens is 274 g/mol. The average Bonchev–Trinajstić information content (AvgIpc) is 2.31. The molecule has 0 spiro atoms. The van der Waals surface area contributed by atoms with Gasteiger partial charge in [0.25, 0.3) is 0 Å². The second kappa shape index (κ2) is 7.34. The lowest BCUT2D eigenvalue weighted by Gasteiger charge is -2.19. The molecule has 1 amide bonds. The van der Waals surface area contributed by atoms with Crippen LogP contribution in [-0.2, 0) is 4.74 Å². The van der Waals surface area contributed by atoms with Crippen LogP contribution >= 0.6 is 11.6 Å². The van der Waals surface area contributed by atoms with Crippen LogP contribution in [0.25, 0.3) is 6.08 Å². The molecular formula is C16H22ClNO2. The number of halogens is 1. The van der Waals surface area contributed by atoms with Gasteiger partial charge in [-0.3, -0.25) is 0 Å². The lowest BCUT2D eigenvalue weighted by atomic mass is 10.1. The fourth-order valence-corrected chi connectivity index (χ4v) is 1.68. The Morgan fingerprint density at radius 1 is 1.40 bits per heavy atom. The highest BCUT2D eigenvalue weighted by Crippen LogP contribution is 2.17. The molecule has 1 aromatic rings. The molecule has 0 saturated heterocycles. The van der Waals surface area contributed by atoms with Gasteiger partial charge in [0.1, 0.15) is 5.60 Å². The molecule has 0 aliphatic rings. The molecule has 0 aromatic heterocycles. The summed E-state index contributed by atoms with van der Waals surface area (Å²) in [6.07, 6.45) is 4.40. The van der Waals surface area contributed by atoms with Crippen LogP contribution in [0.5, 0.6) is 0 Å². The summed E-state index contributed by atoms with van der Waals surface area (Å²) < 4.78 is 5.14. The molecule has 3 nitrogen and oxygen atoms in total. The predicted octanol–water partition coefficient (Wildman–Crippen LogP) is 4.58. The van der Waals surface area contributed by atoms with Crippen molar-refractivity contribution in [3.8, 4) is 0 Å². The summed E-state index contributed by atoms with van der Waals surface area (Å²) >= 11 is 5.97. The van der Waals surface area contributed by atoms with Gasteiger partial charge in [0, 0.05) is 11.6 Å². The Labute approximate surface area is 126 Å². The molecule has 1 N–H and O–H groups in total. The van der Waals surface area contributed by atoms with Crippen LogP contribution in [0.15, 0.2) is 24.3 Å². The maximum Gasteiger partial charge on any atom is 0.407 e. The maximum absolute atomic E-state index is 11.4.